The number of benzene rings is 1. The molecule has 0 atom stereocenters. The largest absolute Gasteiger partial charge is 0.490 e. The molecule has 0 heterocycles. The smallest absolute Gasteiger partial charge is 0.328 e. The van der Waals surface area contributed by atoms with E-state index in [2.05, 4.69) is 13.8 Å². The monoisotopic (exact) mass is 220 g/mol. The van der Waals surface area contributed by atoms with E-state index in [4.69, 9.17) is 9.84 Å². The van der Waals surface area contributed by atoms with Crippen LogP contribution in [0.25, 0.3) is 0 Å². The van der Waals surface area contributed by atoms with E-state index in [0.29, 0.717) is 5.92 Å². The van der Waals surface area contributed by atoms with E-state index in [-0.39, 0.29) is 6.61 Å². The van der Waals surface area contributed by atoms with Crippen molar-refractivity contribution in [2.24, 2.45) is 0 Å². The summed E-state index contributed by atoms with van der Waals surface area (Å²) in [5.41, 5.74) is 1.26. The Bertz CT molecular complexity index is 363. The molecule has 1 rings (SSSR count). The molecule has 0 aromatic heterocycles. The topological polar surface area (TPSA) is 46.5 Å². The van der Waals surface area contributed by atoms with Crippen molar-refractivity contribution < 1.29 is 14.6 Å². The molecule has 0 saturated carbocycles. The van der Waals surface area contributed by atoms with E-state index < -0.39 is 5.97 Å². The van der Waals surface area contributed by atoms with Crippen molar-refractivity contribution in [2.45, 2.75) is 19.8 Å². The second-order valence-corrected chi connectivity index (χ2v) is 3.78. The van der Waals surface area contributed by atoms with Gasteiger partial charge in [0.15, 0.2) is 0 Å². The van der Waals surface area contributed by atoms with Gasteiger partial charge in [0, 0.05) is 6.08 Å². The number of rotatable bonds is 5. The van der Waals surface area contributed by atoms with Gasteiger partial charge in [-0.05, 0) is 29.7 Å². The summed E-state index contributed by atoms with van der Waals surface area (Å²) in [4.78, 5) is 10.2. The fourth-order valence-electron chi connectivity index (χ4n) is 1.24. The lowest BCUT2D eigenvalue weighted by Crippen LogP contribution is -1.96. The Morgan fingerprint density at radius 2 is 2.00 bits per heavy atom. The van der Waals surface area contributed by atoms with E-state index in [0.717, 1.165) is 11.8 Å². The summed E-state index contributed by atoms with van der Waals surface area (Å²) in [6.07, 6.45) is 2.54. The molecule has 3 nitrogen and oxygen atoms in total. The number of carbonyl (C=O) groups is 1. The quantitative estimate of drug-likeness (QED) is 0.776. The summed E-state index contributed by atoms with van der Waals surface area (Å²) < 4.78 is 5.34. The third kappa shape index (κ3) is 4.17. The average molecular weight is 220 g/mol. The second-order valence-electron chi connectivity index (χ2n) is 3.78. The maximum Gasteiger partial charge on any atom is 0.328 e. The molecule has 0 saturated heterocycles. The second kappa shape index (κ2) is 5.95. The number of carboxylic acids is 1. The molecule has 3 heteroatoms. The highest BCUT2D eigenvalue weighted by molar-refractivity contribution is 5.79. The molecular weight excluding hydrogens is 204 g/mol. The van der Waals surface area contributed by atoms with Gasteiger partial charge < -0.3 is 9.84 Å². The molecule has 0 fully saturated rings. The lowest BCUT2D eigenvalue weighted by molar-refractivity contribution is -0.131. The molecule has 0 unspecified atom stereocenters. The molecule has 86 valence electrons. The fraction of sp³-hybridized carbons (Fsp3) is 0.308. The van der Waals surface area contributed by atoms with Gasteiger partial charge in [0.25, 0.3) is 0 Å². The van der Waals surface area contributed by atoms with Crippen LogP contribution < -0.4 is 4.74 Å². The number of hydrogen-bond donors (Lipinski definition) is 1. The van der Waals surface area contributed by atoms with Crippen molar-refractivity contribution in [3.05, 3.63) is 42.0 Å². The molecule has 0 aliphatic heterocycles. The Hall–Kier alpha value is -1.77. The summed E-state index contributed by atoms with van der Waals surface area (Å²) in [5, 5.41) is 8.37. The zero-order chi connectivity index (χ0) is 12.0. The minimum atomic E-state index is -0.959. The number of hydrogen-bond acceptors (Lipinski definition) is 2. The van der Waals surface area contributed by atoms with Crippen LogP contribution in [0.15, 0.2) is 36.4 Å². The van der Waals surface area contributed by atoms with Gasteiger partial charge in [-0.3, -0.25) is 0 Å². The van der Waals surface area contributed by atoms with Crippen LogP contribution in [0.5, 0.6) is 5.75 Å². The zero-order valence-corrected chi connectivity index (χ0v) is 9.51. The summed E-state index contributed by atoms with van der Waals surface area (Å²) in [5.74, 6) is 0.291. The molecular formula is C13H16O3. The molecule has 0 radical (unpaired) electrons. The summed E-state index contributed by atoms with van der Waals surface area (Å²) in [7, 11) is 0. The maximum absolute atomic E-state index is 10.2. The van der Waals surface area contributed by atoms with Crippen LogP contribution in [0.4, 0.5) is 0 Å². The van der Waals surface area contributed by atoms with Crippen molar-refractivity contribution in [2.75, 3.05) is 6.61 Å². The third-order valence-corrected chi connectivity index (χ3v) is 2.15. The van der Waals surface area contributed by atoms with E-state index in [1.54, 1.807) is 0 Å². The van der Waals surface area contributed by atoms with Crippen LogP contribution in [-0.4, -0.2) is 17.7 Å². The molecule has 0 aliphatic rings. The minimum Gasteiger partial charge on any atom is -0.490 e. The molecule has 1 aromatic carbocycles. The van der Waals surface area contributed by atoms with Crippen molar-refractivity contribution >= 4 is 5.97 Å². The van der Waals surface area contributed by atoms with E-state index in [1.807, 2.05) is 24.3 Å². The SMILES string of the molecule is CC(C)c1ccc(OCC=CC(=O)O)cc1. The fourth-order valence-corrected chi connectivity index (χ4v) is 1.24. The van der Waals surface area contributed by atoms with Crippen molar-refractivity contribution in [3.63, 3.8) is 0 Å². The van der Waals surface area contributed by atoms with Crippen molar-refractivity contribution in [3.8, 4) is 5.75 Å². The Kier molecular flexibility index (Phi) is 4.58. The van der Waals surface area contributed by atoms with Gasteiger partial charge in [-0.25, -0.2) is 4.79 Å². The molecule has 0 amide bonds. The van der Waals surface area contributed by atoms with E-state index >= 15 is 0 Å². The molecule has 1 N–H and O–H groups in total. The Morgan fingerprint density at radius 1 is 1.38 bits per heavy atom. The molecule has 1 aromatic rings. The van der Waals surface area contributed by atoms with E-state index in [1.165, 1.54) is 11.6 Å². The van der Waals surface area contributed by atoms with Crippen LogP contribution >= 0.6 is 0 Å². The van der Waals surface area contributed by atoms with Gasteiger partial charge in [-0.2, -0.15) is 0 Å². The van der Waals surface area contributed by atoms with E-state index in [9.17, 15) is 4.79 Å². The lowest BCUT2D eigenvalue weighted by atomic mass is 10.0. The summed E-state index contributed by atoms with van der Waals surface area (Å²) in [6.45, 7) is 4.53. The Balaban J connectivity index is 2.46. The third-order valence-electron chi connectivity index (χ3n) is 2.15. The van der Waals surface area contributed by atoms with Gasteiger partial charge in [0.1, 0.15) is 12.4 Å². The highest BCUT2D eigenvalue weighted by atomic mass is 16.5. The Morgan fingerprint density at radius 3 is 2.50 bits per heavy atom. The first kappa shape index (κ1) is 12.3. The zero-order valence-electron chi connectivity index (χ0n) is 9.51. The molecule has 16 heavy (non-hydrogen) atoms. The maximum atomic E-state index is 10.2. The highest BCUT2D eigenvalue weighted by Gasteiger charge is 1.98. The van der Waals surface area contributed by atoms with Gasteiger partial charge in [-0.15, -0.1) is 0 Å². The van der Waals surface area contributed by atoms with Gasteiger partial charge in [0.05, 0.1) is 0 Å². The average Bonchev–Trinajstić information content (AvgIpc) is 2.25. The van der Waals surface area contributed by atoms with Crippen LogP contribution in [0, 0.1) is 0 Å². The minimum absolute atomic E-state index is 0.271. The van der Waals surface area contributed by atoms with Gasteiger partial charge in [0.2, 0.25) is 0 Å². The van der Waals surface area contributed by atoms with Gasteiger partial charge >= 0.3 is 5.97 Å². The number of carboxylic acid groups (broad SMARTS) is 1. The van der Waals surface area contributed by atoms with Crippen molar-refractivity contribution in [1.82, 2.24) is 0 Å². The normalized spacial score (nSPS) is 10.9. The van der Waals surface area contributed by atoms with Crippen LogP contribution in [0.2, 0.25) is 0 Å². The molecule has 0 bridgehead atoms. The summed E-state index contributed by atoms with van der Waals surface area (Å²) >= 11 is 0. The predicted molar refractivity (Wildman–Crippen MR) is 62.8 cm³/mol. The van der Waals surface area contributed by atoms with Crippen LogP contribution in [-0.2, 0) is 4.79 Å². The number of ether oxygens (including phenoxy) is 1. The lowest BCUT2D eigenvalue weighted by Gasteiger charge is -2.07. The first-order chi connectivity index (χ1) is 7.59. The number of aliphatic carboxylic acids is 1. The van der Waals surface area contributed by atoms with Gasteiger partial charge in [-0.1, -0.05) is 26.0 Å². The molecule has 0 aliphatic carbocycles. The molecule has 0 spiro atoms. The van der Waals surface area contributed by atoms with Crippen LogP contribution in [0.1, 0.15) is 25.3 Å². The summed E-state index contributed by atoms with van der Waals surface area (Å²) in [6, 6.07) is 7.82. The van der Waals surface area contributed by atoms with Crippen LogP contribution in [0.3, 0.4) is 0 Å². The highest BCUT2D eigenvalue weighted by Crippen LogP contribution is 2.18. The Labute approximate surface area is 95.4 Å². The van der Waals surface area contributed by atoms with Crippen molar-refractivity contribution in [1.29, 1.82) is 0 Å². The first-order valence-corrected chi connectivity index (χ1v) is 5.22. The first-order valence-electron chi connectivity index (χ1n) is 5.22. The predicted octanol–water partition coefficient (Wildman–Crippen LogP) is 2.83. The standard InChI is InChI=1S/C13H16O3/c1-10(2)11-5-7-12(8-6-11)16-9-3-4-13(14)15/h3-8,10H,9H2,1-2H3,(H,14,15).